The Morgan fingerprint density at radius 1 is 1.12 bits per heavy atom. The van der Waals surface area contributed by atoms with Gasteiger partial charge in [-0.25, -0.2) is 4.98 Å². The van der Waals surface area contributed by atoms with Crippen LogP contribution in [0.5, 0.6) is 17.2 Å². The van der Waals surface area contributed by atoms with Gasteiger partial charge < -0.3 is 14.2 Å². The second-order valence-electron chi connectivity index (χ2n) is 5.40. The number of nitrogens with zero attached hydrogens (tertiary/aromatic N) is 1. The number of hydrogen-bond donors (Lipinski definition) is 0. The first-order valence-electron chi connectivity index (χ1n) is 7.90. The fraction of sp³-hybridized carbons (Fsp3) is 0.211. The Labute approximate surface area is 144 Å². The normalized spacial score (nSPS) is 16.0. The fourth-order valence-corrected chi connectivity index (χ4v) is 3.46. The average Bonchev–Trinajstić information content (AvgIpc) is 3.12. The van der Waals surface area contributed by atoms with Crippen LogP contribution in [0.2, 0.25) is 0 Å². The smallest absolute Gasteiger partial charge is 0.175 e. The maximum atomic E-state index is 6.02. The van der Waals surface area contributed by atoms with E-state index in [2.05, 4.69) is 0 Å². The Hall–Kier alpha value is -2.53. The zero-order chi connectivity index (χ0) is 16.4. The number of ether oxygens (including phenoxy) is 3. The summed E-state index contributed by atoms with van der Waals surface area (Å²) in [5.41, 5.74) is 1.98. The largest absolute Gasteiger partial charge is 0.494 e. The first-order valence-corrected chi connectivity index (χ1v) is 8.78. The number of para-hydroxylation sites is 2. The van der Waals surface area contributed by atoms with Crippen molar-refractivity contribution in [2.75, 3.05) is 13.2 Å². The molecule has 4 nitrogen and oxygen atoms in total. The molecule has 1 aliphatic heterocycles. The Bertz CT molecular complexity index is 829. The Morgan fingerprint density at radius 2 is 1.92 bits per heavy atom. The molecule has 0 radical (unpaired) electrons. The van der Waals surface area contributed by atoms with Crippen LogP contribution in [0.15, 0.2) is 53.9 Å². The van der Waals surface area contributed by atoms with E-state index in [-0.39, 0.29) is 6.10 Å². The predicted molar refractivity (Wildman–Crippen MR) is 94.0 cm³/mol. The molecular formula is C19H17NO3S. The van der Waals surface area contributed by atoms with Gasteiger partial charge in [0.05, 0.1) is 12.3 Å². The Morgan fingerprint density at radius 3 is 2.71 bits per heavy atom. The molecule has 0 saturated heterocycles. The minimum atomic E-state index is -0.174. The number of rotatable bonds is 4. The van der Waals surface area contributed by atoms with E-state index in [0.717, 1.165) is 33.5 Å². The lowest BCUT2D eigenvalue weighted by molar-refractivity contribution is 0.0888. The van der Waals surface area contributed by atoms with E-state index in [1.54, 1.807) is 11.3 Å². The van der Waals surface area contributed by atoms with Gasteiger partial charge in [-0.1, -0.05) is 12.1 Å². The van der Waals surface area contributed by atoms with Crippen LogP contribution >= 0.6 is 11.3 Å². The zero-order valence-electron chi connectivity index (χ0n) is 13.3. The van der Waals surface area contributed by atoms with Crippen LogP contribution < -0.4 is 14.2 Å². The van der Waals surface area contributed by atoms with E-state index >= 15 is 0 Å². The summed E-state index contributed by atoms with van der Waals surface area (Å²) in [4.78, 5) is 4.73. The van der Waals surface area contributed by atoms with Crippen LogP contribution in [0, 0.1) is 0 Å². The standard InChI is InChI=1S/C19H17NO3S/c1-2-21-14-9-7-13(8-10-14)19-20-15(12-24-19)18-11-22-16-5-3-4-6-17(16)23-18/h3-10,12,18H,2,11H2,1H3. The van der Waals surface area contributed by atoms with Gasteiger partial charge in [0.15, 0.2) is 17.6 Å². The lowest BCUT2D eigenvalue weighted by Gasteiger charge is -2.25. The SMILES string of the molecule is CCOc1ccc(-c2nc(C3COc4ccccc4O3)cs2)cc1. The molecule has 5 heteroatoms. The summed E-state index contributed by atoms with van der Waals surface area (Å²) in [6, 6.07) is 15.7. The molecule has 24 heavy (non-hydrogen) atoms. The first-order chi connectivity index (χ1) is 11.8. The van der Waals surface area contributed by atoms with E-state index in [0.29, 0.717) is 13.2 Å². The molecule has 0 amide bonds. The molecule has 0 aliphatic carbocycles. The third-order valence-electron chi connectivity index (χ3n) is 3.77. The van der Waals surface area contributed by atoms with E-state index in [1.165, 1.54) is 0 Å². The number of benzene rings is 2. The van der Waals surface area contributed by atoms with Crippen LogP contribution in [0.1, 0.15) is 18.7 Å². The van der Waals surface area contributed by atoms with Crippen LogP contribution in [0.3, 0.4) is 0 Å². The molecule has 0 saturated carbocycles. The maximum absolute atomic E-state index is 6.02. The molecule has 2 aromatic carbocycles. The summed E-state index contributed by atoms with van der Waals surface area (Å²) in [6.45, 7) is 3.12. The van der Waals surface area contributed by atoms with Crippen molar-refractivity contribution in [2.24, 2.45) is 0 Å². The van der Waals surface area contributed by atoms with Gasteiger partial charge in [0, 0.05) is 10.9 Å². The van der Waals surface area contributed by atoms with Crippen molar-refractivity contribution >= 4 is 11.3 Å². The second kappa shape index (κ2) is 6.53. The van der Waals surface area contributed by atoms with Crippen molar-refractivity contribution < 1.29 is 14.2 Å². The van der Waals surface area contributed by atoms with E-state index in [1.807, 2.05) is 60.8 Å². The van der Waals surface area contributed by atoms with Crippen LogP contribution in [0.4, 0.5) is 0 Å². The minimum Gasteiger partial charge on any atom is -0.494 e. The lowest BCUT2D eigenvalue weighted by atomic mass is 10.2. The van der Waals surface area contributed by atoms with E-state index in [4.69, 9.17) is 19.2 Å². The summed E-state index contributed by atoms with van der Waals surface area (Å²) in [5, 5.41) is 3.00. The Balaban J connectivity index is 1.53. The molecule has 0 spiro atoms. The van der Waals surface area contributed by atoms with Gasteiger partial charge >= 0.3 is 0 Å². The average molecular weight is 339 g/mol. The van der Waals surface area contributed by atoms with Gasteiger partial charge in [0.2, 0.25) is 0 Å². The van der Waals surface area contributed by atoms with Gasteiger partial charge in [-0.15, -0.1) is 11.3 Å². The van der Waals surface area contributed by atoms with Crippen LogP contribution in [-0.4, -0.2) is 18.2 Å². The summed E-state index contributed by atoms with van der Waals surface area (Å²) in [6.07, 6.45) is -0.174. The molecule has 122 valence electrons. The second-order valence-corrected chi connectivity index (χ2v) is 6.26. The summed E-state index contributed by atoms with van der Waals surface area (Å²) < 4.78 is 17.3. The lowest BCUT2D eigenvalue weighted by Crippen LogP contribution is -2.21. The summed E-state index contributed by atoms with van der Waals surface area (Å²) in [5.74, 6) is 2.43. The highest BCUT2D eigenvalue weighted by molar-refractivity contribution is 7.13. The van der Waals surface area contributed by atoms with Crippen molar-refractivity contribution in [2.45, 2.75) is 13.0 Å². The van der Waals surface area contributed by atoms with Crippen LogP contribution in [0.25, 0.3) is 10.6 Å². The zero-order valence-corrected chi connectivity index (χ0v) is 14.1. The molecule has 0 fully saturated rings. The highest BCUT2D eigenvalue weighted by Crippen LogP contribution is 2.37. The van der Waals surface area contributed by atoms with E-state index in [9.17, 15) is 0 Å². The monoisotopic (exact) mass is 339 g/mol. The number of aromatic nitrogens is 1. The van der Waals surface area contributed by atoms with Gasteiger partial charge in [-0.05, 0) is 43.3 Å². The number of fused-ring (bicyclic) bond motifs is 1. The molecule has 1 aliphatic rings. The molecular weight excluding hydrogens is 322 g/mol. The molecule has 4 rings (SSSR count). The molecule has 2 heterocycles. The van der Waals surface area contributed by atoms with Gasteiger partial charge in [-0.2, -0.15) is 0 Å². The quantitative estimate of drug-likeness (QED) is 0.689. The van der Waals surface area contributed by atoms with E-state index < -0.39 is 0 Å². The molecule has 1 unspecified atom stereocenters. The summed E-state index contributed by atoms with van der Waals surface area (Å²) in [7, 11) is 0. The third kappa shape index (κ3) is 2.95. The predicted octanol–water partition coefficient (Wildman–Crippen LogP) is 4.72. The molecule has 0 bridgehead atoms. The number of thiazole rings is 1. The number of hydrogen-bond acceptors (Lipinski definition) is 5. The third-order valence-corrected chi connectivity index (χ3v) is 4.68. The van der Waals surface area contributed by atoms with Crippen molar-refractivity contribution in [1.29, 1.82) is 0 Å². The van der Waals surface area contributed by atoms with Gasteiger partial charge in [0.25, 0.3) is 0 Å². The maximum Gasteiger partial charge on any atom is 0.175 e. The van der Waals surface area contributed by atoms with Gasteiger partial charge in [-0.3, -0.25) is 0 Å². The molecule has 1 atom stereocenters. The molecule has 0 N–H and O–H groups in total. The topological polar surface area (TPSA) is 40.6 Å². The highest BCUT2D eigenvalue weighted by atomic mass is 32.1. The van der Waals surface area contributed by atoms with Crippen LogP contribution in [-0.2, 0) is 0 Å². The highest BCUT2D eigenvalue weighted by Gasteiger charge is 2.24. The molecule has 1 aromatic heterocycles. The van der Waals surface area contributed by atoms with Crippen molar-refractivity contribution in [3.63, 3.8) is 0 Å². The van der Waals surface area contributed by atoms with Crippen molar-refractivity contribution in [3.8, 4) is 27.8 Å². The fourth-order valence-electron chi connectivity index (χ4n) is 2.59. The molecule has 3 aromatic rings. The first kappa shape index (κ1) is 15.0. The Kier molecular flexibility index (Phi) is 4.09. The van der Waals surface area contributed by atoms with Crippen molar-refractivity contribution in [1.82, 2.24) is 4.98 Å². The summed E-state index contributed by atoms with van der Waals surface area (Å²) >= 11 is 1.61. The van der Waals surface area contributed by atoms with Crippen molar-refractivity contribution in [3.05, 3.63) is 59.6 Å². The minimum absolute atomic E-state index is 0.174. The van der Waals surface area contributed by atoms with Gasteiger partial charge in [0.1, 0.15) is 17.4 Å².